The summed E-state index contributed by atoms with van der Waals surface area (Å²) >= 11 is 0. The summed E-state index contributed by atoms with van der Waals surface area (Å²) in [5.41, 5.74) is 4.01. The molecule has 0 spiro atoms. The molecule has 2 aliphatic carbocycles. The van der Waals surface area contributed by atoms with Crippen molar-refractivity contribution in [2.24, 2.45) is 11.8 Å². The molecular weight excluding hydrogens is 518 g/mol. The van der Waals surface area contributed by atoms with Crippen LogP contribution in [0.15, 0.2) is 169 Å². The Hall–Kier alpha value is -3.30. The van der Waals surface area contributed by atoms with E-state index in [0.29, 0.717) is 23.2 Å². The van der Waals surface area contributed by atoms with E-state index in [4.69, 9.17) is 0 Å². The van der Waals surface area contributed by atoms with Gasteiger partial charge in [0.2, 0.25) is 0 Å². The fraction of sp³-hybridized carbons (Fsp3) is 0.158. The van der Waals surface area contributed by atoms with Gasteiger partial charge in [-0.2, -0.15) is 0 Å². The van der Waals surface area contributed by atoms with Gasteiger partial charge in [0.15, 0.2) is 0 Å². The fourth-order valence-corrected chi connectivity index (χ4v) is 11.8. The van der Waals surface area contributed by atoms with Crippen molar-refractivity contribution >= 4 is 37.1 Å². The second kappa shape index (κ2) is 12.5. The zero-order chi connectivity index (χ0) is 27.3. The van der Waals surface area contributed by atoms with Gasteiger partial charge in [0.05, 0.1) is 0 Å². The second-order valence-electron chi connectivity index (χ2n) is 10.6. The average molecular weight is 555 g/mol. The van der Waals surface area contributed by atoms with Gasteiger partial charge in [-0.1, -0.05) is 183 Å². The van der Waals surface area contributed by atoms with Gasteiger partial charge in [0.1, 0.15) is 0 Å². The maximum Gasteiger partial charge on any atom is 0.00901 e. The summed E-state index contributed by atoms with van der Waals surface area (Å²) < 4.78 is 0. The minimum absolute atomic E-state index is 0.392. The van der Waals surface area contributed by atoms with E-state index in [1.807, 2.05) is 0 Å². The standard InChI is InChI=1S/C38H36P2/c1-29(39(31-17-7-3-8-18-31)32-19-9-4-10-20-32)35-25-15-27-37(35)38-28-16-26-36(38)30(2)40(33-21-11-5-12-22-33)34-23-13-6-14-24-34/h3-30,37-38H,1-2H3/t29-,30-,37?,38?/m0/s1. The topological polar surface area (TPSA) is 0 Å². The van der Waals surface area contributed by atoms with E-state index in [2.05, 4.69) is 172 Å². The van der Waals surface area contributed by atoms with Crippen LogP contribution < -0.4 is 21.2 Å². The summed E-state index contributed by atoms with van der Waals surface area (Å²) in [4.78, 5) is 0. The van der Waals surface area contributed by atoms with Crippen LogP contribution in [0.25, 0.3) is 0 Å². The first-order chi connectivity index (χ1) is 19.7. The highest BCUT2D eigenvalue weighted by Crippen LogP contribution is 2.52. The lowest BCUT2D eigenvalue weighted by Gasteiger charge is -2.35. The molecule has 0 fully saturated rings. The third kappa shape index (κ3) is 5.49. The molecule has 4 aromatic carbocycles. The monoisotopic (exact) mass is 554 g/mol. The van der Waals surface area contributed by atoms with Crippen molar-refractivity contribution in [1.82, 2.24) is 0 Å². The lowest BCUT2D eigenvalue weighted by Crippen LogP contribution is -2.28. The molecular formula is C38H36P2. The predicted octanol–water partition coefficient (Wildman–Crippen LogP) is 8.25. The van der Waals surface area contributed by atoms with Crippen molar-refractivity contribution in [3.05, 3.63) is 169 Å². The van der Waals surface area contributed by atoms with Crippen molar-refractivity contribution in [3.63, 3.8) is 0 Å². The molecule has 0 radical (unpaired) electrons. The first kappa shape index (κ1) is 26.9. The second-order valence-corrected chi connectivity index (χ2v) is 15.7. The van der Waals surface area contributed by atoms with Crippen molar-refractivity contribution in [1.29, 1.82) is 0 Å². The number of hydrogen-bond acceptors (Lipinski definition) is 0. The number of allylic oxidation sites excluding steroid dienone is 8. The Balaban J connectivity index is 1.32. The molecule has 198 valence electrons. The fourth-order valence-electron chi connectivity index (χ4n) is 6.35. The maximum absolute atomic E-state index is 2.46. The van der Waals surface area contributed by atoms with Crippen molar-refractivity contribution in [2.75, 3.05) is 0 Å². The molecule has 0 aliphatic heterocycles. The zero-order valence-corrected chi connectivity index (χ0v) is 25.0. The zero-order valence-electron chi connectivity index (χ0n) is 23.2. The largest absolute Gasteiger partial charge is 0.0764 e. The van der Waals surface area contributed by atoms with Gasteiger partial charge in [-0.05, 0) is 37.1 Å². The maximum atomic E-state index is 2.46. The Morgan fingerprint density at radius 3 is 0.975 bits per heavy atom. The highest BCUT2D eigenvalue weighted by atomic mass is 31.1. The van der Waals surface area contributed by atoms with Crippen molar-refractivity contribution < 1.29 is 0 Å². The van der Waals surface area contributed by atoms with Crippen LogP contribution in [0.3, 0.4) is 0 Å². The molecule has 0 saturated heterocycles. The van der Waals surface area contributed by atoms with Crippen LogP contribution in [0, 0.1) is 11.8 Å². The van der Waals surface area contributed by atoms with E-state index < -0.39 is 15.8 Å². The van der Waals surface area contributed by atoms with Gasteiger partial charge in [0.25, 0.3) is 0 Å². The van der Waals surface area contributed by atoms with E-state index in [-0.39, 0.29) is 0 Å². The first-order valence-corrected chi connectivity index (χ1v) is 17.1. The van der Waals surface area contributed by atoms with Crippen molar-refractivity contribution in [2.45, 2.75) is 25.2 Å². The summed E-state index contributed by atoms with van der Waals surface area (Å²) in [6, 6.07) is 44.6. The normalized spacial score (nSPS) is 19.6. The molecule has 4 atom stereocenters. The lowest BCUT2D eigenvalue weighted by atomic mass is 9.82. The van der Waals surface area contributed by atoms with E-state index in [9.17, 15) is 0 Å². The van der Waals surface area contributed by atoms with Crippen LogP contribution in [0.4, 0.5) is 0 Å². The minimum Gasteiger partial charge on any atom is -0.0764 e. The lowest BCUT2D eigenvalue weighted by molar-refractivity contribution is 0.597. The Labute approximate surface area is 242 Å². The number of rotatable bonds is 9. The molecule has 6 rings (SSSR count). The van der Waals surface area contributed by atoms with Gasteiger partial charge >= 0.3 is 0 Å². The van der Waals surface area contributed by atoms with Crippen LogP contribution in [0.1, 0.15) is 13.8 Å². The Morgan fingerprint density at radius 1 is 0.425 bits per heavy atom. The predicted molar refractivity (Wildman–Crippen MR) is 178 cm³/mol. The summed E-state index contributed by atoms with van der Waals surface area (Å²) in [5, 5.41) is 5.80. The van der Waals surface area contributed by atoms with Gasteiger partial charge < -0.3 is 0 Å². The molecule has 2 unspecified atom stereocenters. The average Bonchev–Trinajstić information content (AvgIpc) is 3.70. The number of benzene rings is 4. The highest BCUT2D eigenvalue weighted by Gasteiger charge is 2.37. The molecule has 2 heteroatoms. The summed E-state index contributed by atoms with van der Waals surface area (Å²) in [6.45, 7) is 4.92. The number of hydrogen-bond donors (Lipinski definition) is 0. The molecule has 0 aromatic heterocycles. The van der Waals surface area contributed by atoms with Gasteiger partial charge in [-0.15, -0.1) is 0 Å². The van der Waals surface area contributed by atoms with Crippen LogP contribution in [0.2, 0.25) is 0 Å². The van der Waals surface area contributed by atoms with E-state index in [1.165, 1.54) is 21.2 Å². The van der Waals surface area contributed by atoms with Crippen molar-refractivity contribution in [3.8, 4) is 0 Å². The van der Waals surface area contributed by atoms with E-state index >= 15 is 0 Å². The molecule has 0 N–H and O–H groups in total. The van der Waals surface area contributed by atoms with Crippen LogP contribution in [-0.2, 0) is 0 Å². The van der Waals surface area contributed by atoms with E-state index in [1.54, 1.807) is 11.1 Å². The molecule has 40 heavy (non-hydrogen) atoms. The summed E-state index contributed by atoms with van der Waals surface area (Å²) in [5.74, 6) is 0.784. The SMILES string of the molecule is C[C@@H](C1=CC=CC1C1C=CC=C1[C@H](C)P(c1ccccc1)c1ccccc1)P(c1ccccc1)c1ccccc1. The van der Waals surface area contributed by atoms with Crippen LogP contribution >= 0.6 is 15.8 Å². The minimum atomic E-state index is -0.526. The smallest absolute Gasteiger partial charge is 0.00901 e. The quantitative estimate of drug-likeness (QED) is 0.183. The molecule has 0 heterocycles. The Kier molecular flexibility index (Phi) is 8.39. The molecule has 0 bridgehead atoms. The van der Waals surface area contributed by atoms with Gasteiger partial charge in [-0.3, -0.25) is 0 Å². The first-order valence-electron chi connectivity index (χ1n) is 14.3. The Bertz CT molecular complexity index is 1320. The molecule has 0 nitrogen and oxygen atoms in total. The summed E-state index contributed by atoms with van der Waals surface area (Å²) in [6.07, 6.45) is 14.4. The summed E-state index contributed by atoms with van der Waals surface area (Å²) in [7, 11) is -1.05. The van der Waals surface area contributed by atoms with E-state index in [0.717, 1.165) is 0 Å². The van der Waals surface area contributed by atoms with Crippen LogP contribution in [-0.4, -0.2) is 11.3 Å². The molecule has 0 amide bonds. The highest BCUT2D eigenvalue weighted by molar-refractivity contribution is 7.74. The van der Waals surface area contributed by atoms with Gasteiger partial charge in [-0.25, -0.2) is 0 Å². The molecule has 4 aromatic rings. The third-order valence-electron chi connectivity index (χ3n) is 8.25. The molecule has 0 saturated carbocycles. The third-order valence-corrected chi connectivity index (χ3v) is 13.8. The molecule has 2 aliphatic rings. The Morgan fingerprint density at radius 2 is 0.700 bits per heavy atom. The van der Waals surface area contributed by atoms with Gasteiger partial charge in [0, 0.05) is 23.2 Å². The van der Waals surface area contributed by atoms with Crippen LogP contribution in [0.5, 0.6) is 0 Å².